The molecular weight excluding hydrogens is 366 g/mol. The summed E-state index contributed by atoms with van der Waals surface area (Å²) in [7, 11) is 0. The van der Waals surface area contributed by atoms with Gasteiger partial charge < -0.3 is 9.47 Å². The van der Waals surface area contributed by atoms with E-state index in [1.165, 1.54) is 24.3 Å². The Bertz CT molecular complexity index is 901. The number of rotatable bonds is 5. The van der Waals surface area contributed by atoms with Gasteiger partial charge in [0.15, 0.2) is 6.23 Å². The van der Waals surface area contributed by atoms with Crippen molar-refractivity contribution in [2.24, 2.45) is 0 Å². The lowest BCUT2D eigenvalue weighted by Gasteiger charge is -2.22. The maximum absolute atomic E-state index is 14.0. The van der Waals surface area contributed by atoms with Gasteiger partial charge in [-0.25, -0.2) is 13.6 Å². The van der Waals surface area contributed by atoms with E-state index >= 15 is 0 Å². The Morgan fingerprint density at radius 1 is 1.18 bits per heavy atom. The summed E-state index contributed by atoms with van der Waals surface area (Å²) < 4.78 is 38.4. The second kappa shape index (κ2) is 8.70. The van der Waals surface area contributed by atoms with Crippen LogP contribution in [0.2, 0.25) is 0 Å². The van der Waals surface area contributed by atoms with Crippen LogP contribution in [0, 0.1) is 23.0 Å². The highest BCUT2D eigenvalue weighted by atomic mass is 19.1. The fourth-order valence-corrected chi connectivity index (χ4v) is 2.49. The summed E-state index contributed by atoms with van der Waals surface area (Å²) in [6.45, 7) is 6.80. The van der Waals surface area contributed by atoms with Crippen LogP contribution < -0.4 is 10.1 Å². The molecule has 0 saturated carbocycles. The minimum Gasteiger partial charge on any atom is -0.471 e. The Balaban J connectivity index is 2.07. The molecule has 1 unspecified atom stereocenters. The van der Waals surface area contributed by atoms with Crippen LogP contribution >= 0.6 is 0 Å². The van der Waals surface area contributed by atoms with Gasteiger partial charge >= 0.3 is 6.09 Å². The second-order valence-electron chi connectivity index (χ2n) is 7.30. The highest BCUT2D eigenvalue weighted by Gasteiger charge is 2.18. The lowest BCUT2D eigenvalue weighted by atomic mass is 10.0. The van der Waals surface area contributed by atoms with E-state index in [1.807, 2.05) is 0 Å². The number of alkyl carbamates (subject to hydrolysis) is 1. The summed E-state index contributed by atoms with van der Waals surface area (Å²) in [6, 6.07) is 10.1. The van der Waals surface area contributed by atoms with Crippen molar-refractivity contribution < 1.29 is 23.0 Å². The molecule has 0 heterocycles. The number of ether oxygens (including phenoxy) is 2. The molecule has 1 N–H and O–H groups in total. The average Bonchev–Trinajstić information content (AvgIpc) is 2.52. The van der Waals surface area contributed by atoms with Crippen LogP contribution in [0.3, 0.4) is 0 Å². The van der Waals surface area contributed by atoms with E-state index < -0.39 is 29.6 Å². The number of carbonyl (C=O) groups is 1. The first-order chi connectivity index (χ1) is 13.1. The number of nitriles is 1. The second-order valence-corrected chi connectivity index (χ2v) is 7.30. The lowest BCUT2D eigenvalue weighted by Crippen LogP contribution is -2.40. The topological polar surface area (TPSA) is 71.3 Å². The van der Waals surface area contributed by atoms with E-state index in [-0.39, 0.29) is 17.7 Å². The Morgan fingerprint density at radius 2 is 1.89 bits per heavy atom. The zero-order valence-corrected chi connectivity index (χ0v) is 16.2. The Hall–Kier alpha value is -3.14. The third-order valence-electron chi connectivity index (χ3n) is 3.53. The van der Waals surface area contributed by atoms with Crippen molar-refractivity contribution in [1.29, 1.82) is 5.26 Å². The van der Waals surface area contributed by atoms with Gasteiger partial charge in [-0.05, 0) is 69.5 Å². The molecule has 0 aliphatic heterocycles. The van der Waals surface area contributed by atoms with Crippen LogP contribution in [0.4, 0.5) is 13.6 Å². The van der Waals surface area contributed by atoms with Gasteiger partial charge in [0, 0.05) is 6.07 Å². The molecule has 0 aromatic heterocycles. The number of amides is 1. The summed E-state index contributed by atoms with van der Waals surface area (Å²) in [4.78, 5) is 11.8. The molecule has 28 heavy (non-hydrogen) atoms. The number of nitrogens with one attached hydrogen (secondary N) is 1. The smallest absolute Gasteiger partial charge is 0.410 e. The maximum Gasteiger partial charge on any atom is 0.410 e. The quantitative estimate of drug-likeness (QED) is 0.755. The minimum absolute atomic E-state index is 0.0472. The summed E-state index contributed by atoms with van der Waals surface area (Å²) in [5, 5.41) is 11.3. The van der Waals surface area contributed by atoms with Crippen LogP contribution in [-0.2, 0) is 11.2 Å². The van der Waals surface area contributed by atoms with Crippen molar-refractivity contribution in [2.45, 2.75) is 45.9 Å². The van der Waals surface area contributed by atoms with Gasteiger partial charge in [-0.15, -0.1) is 0 Å². The highest BCUT2D eigenvalue weighted by Crippen LogP contribution is 2.21. The SMILES string of the molecule is CC(NC(=O)OC(C)(C)C)Oc1cc(F)cc(Cc2ccc(C#N)c(F)c2)c1. The number of hydrogen-bond acceptors (Lipinski definition) is 4. The molecule has 0 fully saturated rings. The molecule has 148 valence electrons. The molecule has 0 aliphatic rings. The predicted octanol–water partition coefficient (Wildman–Crippen LogP) is 4.68. The van der Waals surface area contributed by atoms with Gasteiger partial charge in [0.2, 0.25) is 0 Å². The van der Waals surface area contributed by atoms with Crippen molar-refractivity contribution >= 4 is 6.09 Å². The third kappa shape index (κ3) is 6.54. The number of hydrogen-bond donors (Lipinski definition) is 1. The first-order valence-electron chi connectivity index (χ1n) is 8.70. The average molecular weight is 388 g/mol. The molecular formula is C21H22F2N2O3. The molecule has 0 saturated heterocycles. The van der Waals surface area contributed by atoms with Crippen LogP contribution in [0.25, 0.3) is 0 Å². The molecule has 5 nitrogen and oxygen atoms in total. The molecule has 0 radical (unpaired) electrons. The zero-order valence-electron chi connectivity index (χ0n) is 16.2. The molecule has 1 atom stereocenters. The molecule has 0 bridgehead atoms. The minimum atomic E-state index is -0.753. The lowest BCUT2D eigenvalue weighted by molar-refractivity contribution is 0.0414. The summed E-state index contributed by atoms with van der Waals surface area (Å²) in [5.41, 5.74) is 0.456. The number of halogens is 2. The monoisotopic (exact) mass is 388 g/mol. The van der Waals surface area contributed by atoms with Crippen molar-refractivity contribution in [3.63, 3.8) is 0 Å². The normalized spacial score (nSPS) is 12.0. The zero-order chi connectivity index (χ0) is 20.9. The van der Waals surface area contributed by atoms with E-state index in [2.05, 4.69) is 5.32 Å². The third-order valence-corrected chi connectivity index (χ3v) is 3.53. The first-order valence-corrected chi connectivity index (χ1v) is 8.70. The van der Waals surface area contributed by atoms with Crippen molar-refractivity contribution in [1.82, 2.24) is 5.32 Å². The molecule has 0 spiro atoms. The van der Waals surface area contributed by atoms with Gasteiger partial charge in [-0.3, -0.25) is 5.32 Å². The van der Waals surface area contributed by atoms with Crippen molar-refractivity contribution in [2.75, 3.05) is 0 Å². The number of nitrogens with zero attached hydrogens (tertiary/aromatic N) is 1. The molecule has 2 aromatic carbocycles. The number of benzene rings is 2. The predicted molar refractivity (Wildman–Crippen MR) is 99.8 cm³/mol. The Kier molecular flexibility index (Phi) is 6.57. The standard InChI is InChI=1S/C21H22F2N2O3/c1-13(25-20(26)28-21(2,3)4)27-18-9-15(8-17(22)11-18)7-14-5-6-16(12-24)19(23)10-14/h5-6,8-11,13H,7H2,1-4H3,(H,25,26). The maximum atomic E-state index is 14.0. The van der Waals surface area contributed by atoms with Crippen LogP contribution in [0.1, 0.15) is 44.4 Å². The van der Waals surface area contributed by atoms with Crippen LogP contribution in [-0.4, -0.2) is 17.9 Å². The molecule has 1 amide bonds. The fraction of sp³-hybridized carbons (Fsp3) is 0.333. The highest BCUT2D eigenvalue weighted by molar-refractivity contribution is 5.67. The van der Waals surface area contributed by atoms with Gasteiger partial charge in [-0.1, -0.05) is 6.07 Å². The van der Waals surface area contributed by atoms with Crippen LogP contribution in [0.5, 0.6) is 5.75 Å². The largest absolute Gasteiger partial charge is 0.471 e. The molecule has 0 aliphatic carbocycles. The summed E-state index contributed by atoms with van der Waals surface area (Å²) >= 11 is 0. The fourth-order valence-electron chi connectivity index (χ4n) is 2.49. The van der Waals surface area contributed by atoms with Crippen LogP contribution in [0.15, 0.2) is 36.4 Å². The van der Waals surface area contributed by atoms with Gasteiger partial charge in [0.1, 0.15) is 29.1 Å². The van der Waals surface area contributed by atoms with E-state index in [0.717, 1.165) is 0 Å². The number of carbonyl (C=O) groups excluding carboxylic acids is 1. The van der Waals surface area contributed by atoms with Gasteiger partial charge in [0.25, 0.3) is 0 Å². The van der Waals surface area contributed by atoms with E-state index in [1.54, 1.807) is 45.9 Å². The van der Waals surface area contributed by atoms with Gasteiger partial charge in [0.05, 0.1) is 5.56 Å². The Morgan fingerprint density at radius 3 is 2.50 bits per heavy atom. The molecule has 2 rings (SSSR count). The molecule has 7 heteroatoms. The van der Waals surface area contributed by atoms with Crippen molar-refractivity contribution in [3.8, 4) is 11.8 Å². The van der Waals surface area contributed by atoms with Crippen molar-refractivity contribution in [3.05, 3.63) is 64.7 Å². The first kappa shape index (κ1) is 21.2. The van der Waals surface area contributed by atoms with Gasteiger partial charge in [-0.2, -0.15) is 5.26 Å². The summed E-state index contributed by atoms with van der Waals surface area (Å²) in [5.74, 6) is -0.929. The molecule has 2 aromatic rings. The van der Waals surface area contributed by atoms with E-state index in [9.17, 15) is 13.6 Å². The van der Waals surface area contributed by atoms with E-state index in [4.69, 9.17) is 14.7 Å². The Labute approximate surface area is 162 Å². The summed E-state index contributed by atoms with van der Waals surface area (Å²) in [6.07, 6.45) is -1.15. The van der Waals surface area contributed by atoms with E-state index in [0.29, 0.717) is 11.1 Å².